The van der Waals surface area contributed by atoms with E-state index in [1.807, 2.05) is 17.0 Å². The Morgan fingerprint density at radius 3 is 2.61 bits per heavy atom. The summed E-state index contributed by atoms with van der Waals surface area (Å²) in [6, 6.07) is 5.47. The number of nitrogens with one attached hydrogen (secondary N) is 1. The number of nitrogens with zero attached hydrogens (tertiary/aromatic N) is 6. The molecule has 9 nitrogen and oxygen atoms in total. The third-order valence-corrected chi connectivity index (χ3v) is 5.22. The van der Waals surface area contributed by atoms with E-state index < -0.39 is 0 Å². The molecule has 1 fully saturated rings. The van der Waals surface area contributed by atoms with Gasteiger partial charge in [-0.05, 0) is 25.0 Å². The Kier molecular flexibility index (Phi) is 4.52. The zero-order valence-corrected chi connectivity index (χ0v) is 16.6. The summed E-state index contributed by atoms with van der Waals surface area (Å²) in [6.07, 6.45) is 1.62. The molecule has 1 amide bonds. The van der Waals surface area contributed by atoms with E-state index in [1.165, 1.54) is 0 Å². The third-order valence-electron chi connectivity index (χ3n) is 5.22. The molecule has 3 aromatic rings. The molecule has 4 heterocycles. The van der Waals surface area contributed by atoms with Gasteiger partial charge in [-0.1, -0.05) is 20.8 Å². The molecular formula is C19H25N7O2. The highest BCUT2D eigenvalue weighted by Crippen LogP contribution is 2.28. The molecule has 0 bridgehead atoms. The molecule has 1 N–H and O–H groups in total. The average Bonchev–Trinajstić information content (AvgIpc) is 3.34. The SMILES string of the molecule is COc1ccc2nnc(C3CCN(C(=O)c4cc(C(C)(C)C)[nH]n4)CC3)n2n1. The number of aromatic amines is 1. The van der Waals surface area contributed by atoms with Crippen molar-refractivity contribution in [3.8, 4) is 5.88 Å². The van der Waals surface area contributed by atoms with Gasteiger partial charge in [0.05, 0.1) is 7.11 Å². The second-order valence-corrected chi connectivity index (χ2v) is 8.19. The van der Waals surface area contributed by atoms with Crippen molar-refractivity contribution < 1.29 is 9.53 Å². The van der Waals surface area contributed by atoms with Crippen LogP contribution in [0.4, 0.5) is 0 Å². The van der Waals surface area contributed by atoms with Gasteiger partial charge < -0.3 is 9.64 Å². The first-order valence-electron chi connectivity index (χ1n) is 9.48. The fourth-order valence-corrected chi connectivity index (χ4v) is 3.47. The van der Waals surface area contributed by atoms with Crippen molar-refractivity contribution in [1.29, 1.82) is 0 Å². The van der Waals surface area contributed by atoms with Crippen LogP contribution in [0, 0.1) is 0 Å². The summed E-state index contributed by atoms with van der Waals surface area (Å²) in [5.41, 5.74) is 2.06. The third kappa shape index (κ3) is 3.32. The summed E-state index contributed by atoms with van der Waals surface area (Å²) in [4.78, 5) is 14.7. The van der Waals surface area contributed by atoms with Crippen molar-refractivity contribution >= 4 is 11.6 Å². The van der Waals surface area contributed by atoms with Gasteiger partial charge in [-0.2, -0.15) is 9.61 Å². The molecule has 0 radical (unpaired) electrons. The van der Waals surface area contributed by atoms with Crippen LogP contribution in [0.2, 0.25) is 0 Å². The summed E-state index contributed by atoms with van der Waals surface area (Å²) >= 11 is 0. The molecule has 9 heteroatoms. The molecule has 28 heavy (non-hydrogen) atoms. The first-order valence-corrected chi connectivity index (χ1v) is 9.48. The van der Waals surface area contributed by atoms with Crippen molar-refractivity contribution in [2.24, 2.45) is 0 Å². The molecule has 0 atom stereocenters. The highest BCUT2D eigenvalue weighted by molar-refractivity contribution is 5.92. The minimum atomic E-state index is -0.0681. The van der Waals surface area contributed by atoms with Gasteiger partial charge in [0, 0.05) is 36.2 Å². The van der Waals surface area contributed by atoms with E-state index >= 15 is 0 Å². The van der Waals surface area contributed by atoms with Crippen LogP contribution in [-0.4, -0.2) is 61.0 Å². The number of piperidine rings is 1. The van der Waals surface area contributed by atoms with Gasteiger partial charge in [0.25, 0.3) is 5.91 Å². The van der Waals surface area contributed by atoms with Crippen molar-refractivity contribution in [3.63, 3.8) is 0 Å². The van der Waals surface area contributed by atoms with E-state index in [-0.39, 0.29) is 17.2 Å². The summed E-state index contributed by atoms with van der Waals surface area (Å²) in [7, 11) is 1.59. The van der Waals surface area contributed by atoms with E-state index in [1.54, 1.807) is 17.7 Å². The number of ether oxygens (including phenoxy) is 1. The second kappa shape index (κ2) is 6.88. The van der Waals surface area contributed by atoms with Gasteiger partial charge in [0.1, 0.15) is 5.69 Å². The van der Waals surface area contributed by atoms with Gasteiger partial charge in [-0.25, -0.2) is 0 Å². The Balaban J connectivity index is 1.46. The topological polar surface area (TPSA) is 101 Å². The molecule has 1 saturated heterocycles. The fraction of sp³-hybridized carbons (Fsp3) is 0.526. The van der Waals surface area contributed by atoms with Crippen LogP contribution in [0.15, 0.2) is 18.2 Å². The predicted molar refractivity (Wildman–Crippen MR) is 103 cm³/mol. The zero-order chi connectivity index (χ0) is 19.9. The number of H-pyrrole nitrogens is 1. The zero-order valence-electron chi connectivity index (χ0n) is 16.6. The number of hydrogen-bond donors (Lipinski definition) is 1. The quantitative estimate of drug-likeness (QED) is 0.744. The van der Waals surface area contributed by atoms with Crippen LogP contribution in [0.3, 0.4) is 0 Å². The van der Waals surface area contributed by atoms with Crippen LogP contribution < -0.4 is 4.74 Å². The van der Waals surface area contributed by atoms with Gasteiger partial charge in [-0.3, -0.25) is 9.89 Å². The summed E-state index contributed by atoms with van der Waals surface area (Å²) < 4.78 is 6.95. The number of fused-ring (bicyclic) bond motifs is 1. The van der Waals surface area contributed by atoms with E-state index in [0.717, 1.165) is 24.4 Å². The van der Waals surface area contributed by atoms with E-state index in [0.29, 0.717) is 30.3 Å². The van der Waals surface area contributed by atoms with E-state index in [2.05, 4.69) is 46.3 Å². The fourth-order valence-electron chi connectivity index (χ4n) is 3.47. The summed E-state index contributed by atoms with van der Waals surface area (Å²) in [6.45, 7) is 7.57. The monoisotopic (exact) mass is 383 g/mol. The Hall–Kier alpha value is -2.97. The van der Waals surface area contributed by atoms with E-state index in [4.69, 9.17) is 4.74 Å². The second-order valence-electron chi connectivity index (χ2n) is 8.19. The molecule has 0 aliphatic carbocycles. The van der Waals surface area contributed by atoms with Crippen molar-refractivity contribution in [1.82, 2.24) is 34.9 Å². The molecule has 0 spiro atoms. The maximum absolute atomic E-state index is 12.8. The lowest BCUT2D eigenvalue weighted by molar-refractivity contribution is 0.0704. The first-order chi connectivity index (χ1) is 13.4. The lowest BCUT2D eigenvalue weighted by Gasteiger charge is -2.30. The smallest absolute Gasteiger partial charge is 0.274 e. The van der Waals surface area contributed by atoms with Crippen molar-refractivity contribution in [3.05, 3.63) is 35.4 Å². The molecule has 148 valence electrons. The number of carbonyl (C=O) groups is 1. The maximum Gasteiger partial charge on any atom is 0.274 e. The van der Waals surface area contributed by atoms with Crippen LogP contribution >= 0.6 is 0 Å². The number of amides is 1. The van der Waals surface area contributed by atoms with Gasteiger partial charge in [0.15, 0.2) is 11.5 Å². The normalized spacial score (nSPS) is 15.9. The Bertz CT molecular complexity index is 993. The predicted octanol–water partition coefficient (Wildman–Crippen LogP) is 2.17. The minimum Gasteiger partial charge on any atom is -0.480 e. The van der Waals surface area contributed by atoms with Crippen LogP contribution in [-0.2, 0) is 5.41 Å². The molecule has 3 aromatic heterocycles. The molecule has 0 aromatic carbocycles. The van der Waals surface area contributed by atoms with Crippen LogP contribution in [0.5, 0.6) is 5.88 Å². The summed E-state index contributed by atoms with van der Waals surface area (Å²) in [5, 5.41) is 20.2. The number of carbonyl (C=O) groups excluding carboxylic acids is 1. The number of methoxy groups -OCH3 is 1. The largest absolute Gasteiger partial charge is 0.480 e. The lowest BCUT2D eigenvalue weighted by Crippen LogP contribution is -2.38. The van der Waals surface area contributed by atoms with Crippen LogP contribution in [0.25, 0.3) is 5.65 Å². The highest BCUT2D eigenvalue weighted by Gasteiger charge is 2.29. The Morgan fingerprint density at radius 2 is 1.96 bits per heavy atom. The van der Waals surface area contributed by atoms with Gasteiger partial charge >= 0.3 is 0 Å². The Morgan fingerprint density at radius 1 is 1.21 bits per heavy atom. The number of likely N-dealkylation sites (tertiary alicyclic amines) is 1. The molecule has 1 aliphatic rings. The first kappa shape index (κ1) is 18.4. The number of rotatable bonds is 3. The molecule has 0 unspecified atom stereocenters. The molecule has 0 saturated carbocycles. The van der Waals surface area contributed by atoms with Crippen LogP contribution in [0.1, 0.15) is 61.5 Å². The lowest BCUT2D eigenvalue weighted by atomic mass is 9.92. The molecule has 1 aliphatic heterocycles. The Labute approximate surface area is 163 Å². The molecular weight excluding hydrogens is 358 g/mol. The van der Waals surface area contributed by atoms with E-state index in [9.17, 15) is 4.79 Å². The minimum absolute atomic E-state index is 0.0314. The maximum atomic E-state index is 12.8. The van der Waals surface area contributed by atoms with Crippen molar-refractivity contribution in [2.75, 3.05) is 20.2 Å². The number of aromatic nitrogens is 6. The molecule has 4 rings (SSSR count). The number of hydrogen-bond acceptors (Lipinski definition) is 6. The van der Waals surface area contributed by atoms with Gasteiger partial charge in [0.2, 0.25) is 5.88 Å². The summed E-state index contributed by atoms with van der Waals surface area (Å²) in [5.74, 6) is 1.50. The van der Waals surface area contributed by atoms with Crippen molar-refractivity contribution in [2.45, 2.75) is 44.9 Å². The highest BCUT2D eigenvalue weighted by atomic mass is 16.5. The average molecular weight is 383 g/mol. The van der Waals surface area contributed by atoms with Gasteiger partial charge in [-0.15, -0.1) is 15.3 Å². The standard InChI is InChI=1S/C19H25N7O2/c1-19(2,3)14-11-13(20-21-14)18(27)25-9-7-12(8-10-25)17-23-22-15-5-6-16(28-4)24-26(15)17/h5-6,11-12H,7-10H2,1-4H3,(H,20,21).